The lowest BCUT2D eigenvalue weighted by Gasteiger charge is -2.28. The number of amides is 1. The van der Waals surface area contributed by atoms with Crippen LogP contribution in [0.3, 0.4) is 0 Å². The zero-order valence-corrected chi connectivity index (χ0v) is 12.1. The standard InChI is InChI=1S/C13H25NO4/c1-6-8-9-18-12(15)11(10(3)4)14(5)13(16)17-7-2/h10-11H,6-9H2,1-5H3. The summed E-state index contributed by atoms with van der Waals surface area (Å²) in [7, 11) is 1.56. The van der Waals surface area contributed by atoms with Crippen molar-refractivity contribution < 1.29 is 19.1 Å². The Bertz CT molecular complexity index is 266. The van der Waals surface area contributed by atoms with Gasteiger partial charge < -0.3 is 9.47 Å². The Labute approximate surface area is 109 Å². The highest BCUT2D eigenvalue weighted by atomic mass is 16.6. The predicted octanol–water partition coefficient (Wildman–Crippen LogP) is 2.44. The van der Waals surface area contributed by atoms with Gasteiger partial charge in [0.2, 0.25) is 0 Å². The second-order valence-electron chi connectivity index (χ2n) is 4.52. The van der Waals surface area contributed by atoms with Crippen molar-refractivity contribution in [2.45, 2.75) is 46.6 Å². The molecule has 0 rings (SSSR count). The zero-order valence-electron chi connectivity index (χ0n) is 12.1. The number of hydrogen-bond donors (Lipinski definition) is 0. The summed E-state index contributed by atoms with van der Waals surface area (Å²) < 4.78 is 10.1. The summed E-state index contributed by atoms with van der Waals surface area (Å²) in [5, 5.41) is 0. The maximum atomic E-state index is 11.9. The van der Waals surface area contributed by atoms with Crippen molar-refractivity contribution >= 4 is 12.1 Å². The second kappa shape index (κ2) is 8.78. The van der Waals surface area contributed by atoms with E-state index in [1.165, 1.54) is 4.90 Å². The van der Waals surface area contributed by atoms with E-state index in [0.717, 1.165) is 12.8 Å². The monoisotopic (exact) mass is 259 g/mol. The average Bonchev–Trinajstić information content (AvgIpc) is 2.29. The molecule has 0 bridgehead atoms. The van der Waals surface area contributed by atoms with Gasteiger partial charge in [-0.15, -0.1) is 0 Å². The molecule has 0 saturated heterocycles. The van der Waals surface area contributed by atoms with E-state index in [1.54, 1.807) is 14.0 Å². The molecule has 0 N–H and O–H groups in total. The van der Waals surface area contributed by atoms with Crippen LogP contribution in [-0.2, 0) is 14.3 Å². The van der Waals surface area contributed by atoms with Gasteiger partial charge in [-0.2, -0.15) is 0 Å². The fourth-order valence-corrected chi connectivity index (χ4v) is 1.62. The molecule has 5 nitrogen and oxygen atoms in total. The van der Waals surface area contributed by atoms with Gasteiger partial charge >= 0.3 is 12.1 Å². The summed E-state index contributed by atoms with van der Waals surface area (Å²) in [4.78, 5) is 24.9. The third-order valence-electron chi connectivity index (χ3n) is 2.59. The van der Waals surface area contributed by atoms with Crippen molar-refractivity contribution in [1.82, 2.24) is 4.90 Å². The number of hydrogen-bond acceptors (Lipinski definition) is 4. The molecule has 106 valence electrons. The number of carbonyl (C=O) groups excluding carboxylic acids is 2. The van der Waals surface area contributed by atoms with Crippen LogP contribution in [0, 0.1) is 5.92 Å². The molecule has 0 saturated carbocycles. The first-order chi connectivity index (χ1) is 8.45. The van der Waals surface area contributed by atoms with E-state index in [9.17, 15) is 9.59 Å². The molecule has 1 unspecified atom stereocenters. The molecule has 0 aliphatic heterocycles. The summed E-state index contributed by atoms with van der Waals surface area (Å²) in [5.41, 5.74) is 0. The first-order valence-electron chi connectivity index (χ1n) is 6.51. The topological polar surface area (TPSA) is 55.8 Å². The van der Waals surface area contributed by atoms with E-state index >= 15 is 0 Å². The minimum atomic E-state index is -0.596. The molecule has 0 aromatic rings. The maximum absolute atomic E-state index is 11.9. The number of esters is 1. The van der Waals surface area contributed by atoms with E-state index in [2.05, 4.69) is 0 Å². The molecule has 0 heterocycles. The molecule has 18 heavy (non-hydrogen) atoms. The van der Waals surface area contributed by atoms with Gasteiger partial charge in [0.1, 0.15) is 6.04 Å². The van der Waals surface area contributed by atoms with Crippen LogP contribution in [-0.4, -0.2) is 43.3 Å². The fourth-order valence-electron chi connectivity index (χ4n) is 1.62. The highest BCUT2D eigenvalue weighted by molar-refractivity contribution is 5.81. The second-order valence-corrected chi connectivity index (χ2v) is 4.52. The number of rotatable bonds is 7. The molecule has 0 spiro atoms. The van der Waals surface area contributed by atoms with E-state index < -0.39 is 12.1 Å². The first-order valence-corrected chi connectivity index (χ1v) is 6.51. The third-order valence-corrected chi connectivity index (χ3v) is 2.59. The summed E-state index contributed by atoms with van der Waals surface area (Å²) in [6.45, 7) is 8.20. The van der Waals surface area contributed by atoms with Crippen molar-refractivity contribution in [2.75, 3.05) is 20.3 Å². The lowest BCUT2D eigenvalue weighted by molar-refractivity contribution is -0.150. The van der Waals surface area contributed by atoms with Gasteiger partial charge in [-0.05, 0) is 19.3 Å². The van der Waals surface area contributed by atoms with Crippen LogP contribution in [0.25, 0.3) is 0 Å². The third kappa shape index (κ3) is 5.38. The van der Waals surface area contributed by atoms with Gasteiger partial charge in [-0.1, -0.05) is 27.2 Å². The van der Waals surface area contributed by atoms with Crippen molar-refractivity contribution in [3.05, 3.63) is 0 Å². The number of likely N-dealkylation sites (N-methyl/N-ethyl adjacent to an activating group) is 1. The molecule has 5 heteroatoms. The SMILES string of the molecule is CCCCOC(=O)C(C(C)C)N(C)C(=O)OCC. The molecule has 0 aromatic heterocycles. The lowest BCUT2D eigenvalue weighted by Crippen LogP contribution is -2.46. The number of carbonyl (C=O) groups is 2. The summed E-state index contributed by atoms with van der Waals surface area (Å²) >= 11 is 0. The normalized spacial score (nSPS) is 12.1. The number of ether oxygens (including phenoxy) is 2. The van der Waals surface area contributed by atoms with Crippen LogP contribution in [0.2, 0.25) is 0 Å². The van der Waals surface area contributed by atoms with Gasteiger partial charge in [0, 0.05) is 7.05 Å². The van der Waals surface area contributed by atoms with Crippen LogP contribution < -0.4 is 0 Å². The summed E-state index contributed by atoms with van der Waals surface area (Å²) in [6.07, 6.45) is 1.30. The Hall–Kier alpha value is -1.26. The Balaban J connectivity index is 4.54. The molecular formula is C13H25NO4. The lowest BCUT2D eigenvalue weighted by atomic mass is 10.0. The quantitative estimate of drug-likeness (QED) is 0.520. The van der Waals surface area contributed by atoms with Gasteiger partial charge in [-0.25, -0.2) is 9.59 Å². The van der Waals surface area contributed by atoms with Crippen LogP contribution >= 0.6 is 0 Å². The Kier molecular flexibility index (Phi) is 8.16. The minimum absolute atomic E-state index is 0.0199. The molecule has 1 atom stereocenters. The van der Waals surface area contributed by atoms with Crippen LogP contribution in [0.5, 0.6) is 0 Å². The first kappa shape index (κ1) is 16.7. The molecule has 0 aliphatic rings. The highest BCUT2D eigenvalue weighted by Gasteiger charge is 2.31. The molecule has 0 fully saturated rings. The van der Waals surface area contributed by atoms with Crippen LogP contribution in [0.15, 0.2) is 0 Å². The van der Waals surface area contributed by atoms with E-state index in [-0.39, 0.29) is 11.9 Å². The number of unbranched alkanes of at least 4 members (excludes halogenated alkanes) is 1. The van der Waals surface area contributed by atoms with E-state index in [1.807, 2.05) is 20.8 Å². The maximum Gasteiger partial charge on any atom is 0.410 e. The fraction of sp³-hybridized carbons (Fsp3) is 0.846. The van der Waals surface area contributed by atoms with Crippen LogP contribution in [0.1, 0.15) is 40.5 Å². The van der Waals surface area contributed by atoms with E-state index in [0.29, 0.717) is 13.2 Å². The Morgan fingerprint density at radius 3 is 2.22 bits per heavy atom. The van der Waals surface area contributed by atoms with Crippen molar-refractivity contribution in [3.63, 3.8) is 0 Å². The minimum Gasteiger partial charge on any atom is -0.464 e. The van der Waals surface area contributed by atoms with Crippen LogP contribution in [0.4, 0.5) is 4.79 Å². The van der Waals surface area contributed by atoms with Gasteiger partial charge in [0.25, 0.3) is 0 Å². The van der Waals surface area contributed by atoms with Crippen molar-refractivity contribution in [3.8, 4) is 0 Å². The van der Waals surface area contributed by atoms with Gasteiger partial charge in [0.05, 0.1) is 13.2 Å². The smallest absolute Gasteiger partial charge is 0.410 e. The van der Waals surface area contributed by atoms with Gasteiger partial charge in [0.15, 0.2) is 0 Å². The summed E-state index contributed by atoms with van der Waals surface area (Å²) in [5.74, 6) is -0.387. The Morgan fingerprint density at radius 2 is 1.78 bits per heavy atom. The largest absolute Gasteiger partial charge is 0.464 e. The molecular weight excluding hydrogens is 234 g/mol. The Morgan fingerprint density at radius 1 is 1.17 bits per heavy atom. The predicted molar refractivity (Wildman–Crippen MR) is 69.3 cm³/mol. The summed E-state index contributed by atoms with van der Waals surface area (Å²) in [6, 6.07) is -0.596. The van der Waals surface area contributed by atoms with Crippen molar-refractivity contribution in [1.29, 1.82) is 0 Å². The zero-order chi connectivity index (χ0) is 14.1. The molecule has 0 radical (unpaired) electrons. The average molecular weight is 259 g/mol. The van der Waals surface area contributed by atoms with Gasteiger partial charge in [-0.3, -0.25) is 4.90 Å². The molecule has 0 aromatic carbocycles. The molecule has 1 amide bonds. The van der Waals surface area contributed by atoms with E-state index in [4.69, 9.17) is 9.47 Å². The van der Waals surface area contributed by atoms with Crippen molar-refractivity contribution in [2.24, 2.45) is 5.92 Å². The highest BCUT2D eigenvalue weighted by Crippen LogP contribution is 2.12. The molecule has 0 aliphatic carbocycles. The number of nitrogens with zero attached hydrogens (tertiary/aromatic N) is 1.